The fourth-order valence-corrected chi connectivity index (χ4v) is 11.9. The van der Waals surface area contributed by atoms with Gasteiger partial charge in [-0.25, -0.2) is 0 Å². The van der Waals surface area contributed by atoms with Crippen molar-refractivity contribution in [2.45, 2.75) is 133 Å². The van der Waals surface area contributed by atoms with Crippen molar-refractivity contribution in [3.8, 4) is 0 Å². The van der Waals surface area contributed by atoms with Crippen LogP contribution < -0.4 is 0 Å². The van der Waals surface area contributed by atoms with Crippen LogP contribution in [0.15, 0.2) is 11.6 Å². The second-order valence-electron chi connectivity index (χ2n) is 16.5. The van der Waals surface area contributed by atoms with Crippen molar-refractivity contribution in [2.75, 3.05) is 6.61 Å². The van der Waals surface area contributed by atoms with E-state index in [9.17, 15) is 14.4 Å². The monoisotopic (exact) mass is 584 g/mol. The van der Waals surface area contributed by atoms with Crippen LogP contribution in [-0.4, -0.2) is 36.7 Å². The molecule has 0 aromatic heterocycles. The molecule has 0 bridgehead atoms. The first kappa shape index (κ1) is 31.6. The Kier molecular flexibility index (Phi) is 7.79. The lowest BCUT2D eigenvalue weighted by Gasteiger charge is -2.72. The van der Waals surface area contributed by atoms with Crippen LogP contribution in [0.4, 0.5) is 0 Å². The maximum Gasteiger partial charge on any atom is 0.303 e. The summed E-state index contributed by atoms with van der Waals surface area (Å²) < 4.78 is 17.7. The number of carbonyl (C=O) groups is 3. The standard InChI is InChI=1S/C36H56O6/c1-21-13-16-36(20-40-23(3)37)18-17-34(9)26(30(36)22(21)2)11-12-29-33(8)19-27(41-24(4)38)31(42-25(5)39)32(6,7)28(33)14-15-35(29,34)10/h11,21-22,27-31H,12-20H2,1-10H3. The van der Waals surface area contributed by atoms with Crippen LogP contribution >= 0.6 is 0 Å². The lowest BCUT2D eigenvalue weighted by atomic mass is 9.33. The third-order valence-electron chi connectivity index (χ3n) is 14.2. The topological polar surface area (TPSA) is 78.9 Å². The number of rotatable bonds is 4. The first-order valence-corrected chi connectivity index (χ1v) is 16.6. The minimum absolute atomic E-state index is 0.0255. The number of hydrogen-bond acceptors (Lipinski definition) is 6. The average Bonchev–Trinajstić information content (AvgIpc) is 2.87. The summed E-state index contributed by atoms with van der Waals surface area (Å²) in [6, 6.07) is 0. The summed E-state index contributed by atoms with van der Waals surface area (Å²) in [4.78, 5) is 36.5. The first-order valence-electron chi connectivity index (χ1n) is 16.6. The molecule has 4 saturated carbocycles. The predicted molar refractivity (Wildman–Crippen MR) is 162 cm³/mol. The van der Waals surface area contributed by atoms with Crippen molar-refractivity contribution < 1.29 is 28.6 Å². The van der Waals surface area contributed by atoms with Gasteiger partial charge in [-0.15, -0.1) is 0 Å². The normalized spacial score (nSPS) is 47.4. The van der Waals surface area contributed by atoms with E-state index < -0.39 is 12.2 Å². The van der Waals surface area contributed by atoms with E-state index in [0.717, 1.165) is 38.5 Å². The number of fused-ring (bicyclic) bond motifs is 7. The van der Waals surface area contributed by atoms with E-state index >= 15 is 0 Å². The van der Waals surface area contributed by atoms with E-state index in [2.05, 4.69) is 54.5 Å². The minimum Gasteiger partial charge on any atom is -0.465 e. The molecular weight excluding hydrogens is 528 g/mol. The van der Waals surface area contributed by atoms with E-state index in [1.54, 1.807) is 12.5 Å². The number of esters is 3. The molecule has 6 heteroatoms. The minimum atomic E-state index is -0.454. The highest BCUT2D eigenvalue weighted by atomic mass is 16.6. The van der Waals surface area contributed by atoms with Crippen LogP contribution in [0, 0.1) is 56.7 Å². The average molecular weight is 585 g/mol. The van der Waals surface area contributed by atoms with Crippen LogP contribution in [0.1, 0.15) is 121 Å². The molecule has 0 amide bonds. The molecule has 0 spiro atoms. The van der Waals surface area contributed by atoms with E-state index in [4.69, 9.17) is 14.2 Å². The second kappa shape index (κ2) is 10.4. The van der Waals surface area contributed by atoms with Crippen LogP contribution in [-0.2, 0) is 28.6 Å². The van der Waals surface area contributed by atoms with Crippen molar-refractivity contribution in [3.63, 3.8) is 0 Å². The number of carbonyl (C=O) groups excluding carboxylic acids is 3. The summed E-state index contributed by atoms with van der Waals surface area (Å²) in [7, 11) is 0. The highest BCUT2D eigenvalue weighted by molar-refractivity contribution is 5.67. The van der Waals surface area contributed by atoms with E-state index in [0.29, 0.717) is 42.6 Å². The van der Waals surface area contributed by atoms with Crippen molar-refractivity contribution in [1.29, 1.82) is 0 Å². The third-order valence-corrected chi connectivity index (χ3v) is 14.2. The highest BCUT2D eigenvalue weighted by Crippen LogP contribution is 2.76. The van der Waals surface area contributed by atoms with Gasteiger partial charge in [0.15, 0.2) is 0 Å². The molecule has 11 unspecified atom stereocenters. The molecule has 0 saturated heterocycles. The van der Waals surface area contributed by atoms with Crippen LogP contribution in [0.5, 0.6) is 0 Å². The summed E-state index contributed by atoms with van der Waals surface area (Å²) in [5.41, 5.74) is 1.39. The number of ether oxygens (including phenoxy) is 3. The molecule has 11 atom stereocenters. The zero-order chi connectivity index (χ0) is 31.0. The first-order chi connectivity index (χ1) is 19.4. The molecule has 0 radical (unpaired) electrons. The van der Waals surface area contributed by atoms with Gasteiger partial charge in [0.25, 0.3) is 0 Å². The SMILES string of the molecule is CC(=O)OCC12CCC(C)C(C)C1C1=CCC3C4(C)CC(OC(C)=O)C(OC(C)=O)C(C)(C)C4CCC3(C)C1(C)CC2. The molecule has 0 aromatic rings. The Labute approximate surface area is 254 Å². The Morgan fingerprint density at radius 3 is 2.12 bits per heavy atom. The number of allylic oxidation sites excluding steroid dienone is 2. The summed E-state index contributed by atoms with van der Waals surface area (Å²) >= 11 is 0. The van der Waals surface area contributed by atoms with Gasteiger partial charge in [-0.3, -0.25) is 14.4 Å². The zero-order valence-electron chi connectivity index (χ0n) is 27.9. The fourth-order valence-electron chi connectivity index (χ4n) is 11.9. The quantitative estimate of drug-likeness (QED) is 0.192. The molecule has 6 nitrogen and oxygen atoms in total. The largest absolute Gasteiger partial charge is 0.465 e. The molecular formula is C36H56O6. The third kappa shape index (κ3) is 4.50. The van der Waals surface area contributed by atoms with Crippen LogP contribution in [0.25, 0.3) is 0 Å². The Bertz CT molecular complexity index is 1160. The smallest absolute Gasteiger partial charge is 0.303 e. The molecule has 0 N–H and O–H groups in total. The van der Waals surface area contributed by atoms with E-state index in [1.165, 1.54) is 20.3 Å². The molecule has 42 heavy (non-hydrogen) atoms. The molecule has 5 aliphatic rings. The van der Waals surface area contributed by atoms with Gasteiger partial charge in [0.1, 0.15) is 12.2 Å². The van der Waals surface area contributed by atoms with Gasteiger partial charge in [-0.2, -0.15) is 0 Å². The molecule has 4 fully saturated rings. The zero-order valence-corrected chi connectivity index (χ0v) is 27.9. The summed E-state index contributed by atoms with van der Waals surface area (Å²) in [5, 5.41) is 0. The molecule has 5 rings (SSSR count). The Morgan fingerprint density at radius 1 is 0.833 bits per heavy atom. The molecule has 236 valence electrons. The lowest BCUT2D eigenvalue weighted by molar-refractivity contribution is -0.244. The van der Waals surface area contributed by atoms with Gasteiger partial charge in [0, 0.05) is 31.6 Å². The Morgan fingerprint density at radius 2 is 1.50 bits per heavy atom. The van der Waals surface area contributed by atoms with Crippen molar-refractivity contribution in [2.24, 2.45) is 56.7 Å². The maximum absolute atomic E-state index is 12.3. The van der Waals surface area contributed by atoms with E-state index in [1.807, 2.05) is 0 Å². The van der Waals surface area contributed by atoms with Crippen LogP contribution in [0.3, 0.4) is 0 Å². The van der Waals surface area contributed by atoms with Crippen molar-refractivity contribution >= 4 is 17.9 Å². The van der Waals surface area contributed by atoms with Gasteiger partial charge in [-0.1, -0.05) is 60.1 Å². The Hall–Kier alpha value is -1.85. The van der Waals surface area contributed by atoms with Crippen molar-refractivity contribution in [1.82, 2.24) is 0 Å². The van der Waals surface area contributed by atoms with Gasteiger partial charge in [0.05, 0.1) is 6.61 Å². The van der Waals surface area contributed by atoms with Crippen molar-refractivity contribution in [3.05, 3.63) is 11.6 Å². The number of hydrogen-bond donors (Lipinski definition) is 0. The highest BCUT2D eigenvalue weighted by Gasteiger charge is 2.70. The maximum atomic E-state index is 12.3. The van der Waals surface area contributed by atoms with Gasteiger partial charge >= 0.3 is 17.9 Å². The summed E-state index contributed by atoms with van der Waals surface area (Å²) in [6.07, 6.45) is 10.2. The lowest BCUT2D eigenvalue weighted by Crippen LogP contribution is -2.67. The van der Waals surface area contributed by atoms with Crippen LogP contribution in [0.2, 0.25) is 0 Å². The predicted octanol–water partition coefficient (Wildman–Crippen LogP) is 7.68. The summed E-state index contributed by atoms with van der Waals surface area (Å²) in [5.74, 6) is 1.57. The molecule has 0 aliphatic heterocycles. The van der Waals surface area contributed by atoms with Gasteiger partial charge in [-0.05, 0) is 97.2 Å². The van der Waals surface area contributed by atoms with Gasteiger partial charge in [0.2, 0.25) is 0 Å². The van der Waals surface area contributed by atoms with Gasteiger partial charge < -0.3 is 14.2 Å². The molecule has 0 aromatic carbocycles. The van der Waals surface area contributed by atoms with E-state index in [-0.39, 0.29) is 45.0 Å². The second-order valence-corrected chi connectivity index (χ2v) is 16.5. The molecule has 0 heterocycles. The fraction of sp³-hybridized carbons (Fsp3) is 0.861. The summed E-state index contributed by atoms with van der Waals surface area (Å²) in [6.45, 7) is 21.9. The Balaban J connectivity index is 1.57. The molecule has 5 aliphatic carbocycles.